The molecule has 6 aromatic rings. The van der Waals surface area contributed by atoms with Crippen LogP contribution in [0.2, 0.25) is 0 Å². The van der Waals surface area contributed by atoms with E-state index in [9.17, 15) is 37.1 Å². The molecule has 18 heteroatoms. The second-order valence-corrected chi connectivity index (χ2v) is 23.1. The van der Waals surface area contributed by atoms with Crippen molar-refractivity contribution in [2.45, 2.75) is 107 Å². The lowest BCUT2D eigenvalue weighted by molar-refractivity contribution is -0.120. The Balaban J connectivity index is 0.000000196. The predicted molar refractivity (Wildman–Crippen MR) is 297 cm³/mol. The van der Waals surface area contributed by atoms with Crippen LogP contribution in [0.25, 0.3) is 33.4 Å². The summed E-state index contributed by atoms with van der Waals surface area (Å²) in [5.74, 6) is -1.83. The average Bonchev–Trinajstić information content (AvgIpc) is 4.04. The number of aromatic nitrogens is 1. The van der Waals surface area contributed by atoms with Gasteiger partial charge in [-0.3, -0.25) is 19.4 Å². The van der Waals surface area contributed by atoms with Crippen molar-refractivity contribution in [2.24, 2.45) is 27.7 Å². The number of nitrogens with zero attached hydrogens (tertiary/aromatic N) is 3. The molecule has 2 saturated heterocycles. The summed E-state index contributed by atoms with van der Waals surface area (Å²) in [5.41, 5.74) is 16.1. The third-order valence-electron chi connectivity index (χ3n) is 12.2. The van der Waals surface area contributed by atoms with Crippen molar-refractivity contribution in [1.29, 1.82) is 0 Å². The Morgan fingerprint density at radius 1 is 0.615 bits per heavy atom. The molecule has 2 atom stereocenters. The Morgan fingerprint density at radius 2 is 1.10 bits per heavy atom. The zero-order valence-electron chi connectivity index (χ0n) is 45.9. The minimum Gasteiger partial charge on any atom is -0.444 e. The standard InChI is InChI=1S/2C23H28FN3O3.C14H16FNO2/c1-23(2,3)11-18-14-27(22(29)30-18)17-8-9-19(20(24)10-17)16-6-4-15(5-7-16)13-26-21(28)12-25;1-23(2,3)11-18-14-27(22(29)30-18)17-8-9-19(20(24)10-17)16-6-4-15(5-7-16)12-26-13-21(25)28;1-14(2,3)9-16-8-12(13(17)18-16)10-5-4-6-11(15)7-10/h4-10,18H,11-14,25H2,1-3H3,(H,26,28);4-10,18,26H,11-14H2,1-3H3,(H2,25,28);4-8H,9H2,1-3H3/t2*18-;/m00./s1. The minimum atomic E-state index is -0.444. The average molecular weight is 1080 g/mol. The van der Waals surface area contributed by atoms with Gasteiger partial charge in [-0.25, -0.2) is 32.3 Å². The summed E-state index contributed by atoms with van der Waals surface area (Å²) >= 11 is 0. The van der Waals surface area contributed by atoms with Crippen molar-refractivity contribution in [3.8, 4) is 33.4 Å². The van der Waals surface area contributed by atoms with Crippen LogP contribution in [0.15, 0.2) is 125 Å². The third-order valence-corrected chi connectivity index (χ3v) is 12.2. The first-order valence-corrected chi connectivity index (χ1v) is 25.8. The molecule has 5 aromatic carbocycles. The van der Waals surface area contributed by atoms with Crippen LogP contribution >= 0.6 is 0 Å². The molecule has 78 heavy (non-hydrogen) atoms. The van der Waals surface area contributed by atoms with Crippen LogP contribution in [-0.2, 0) is 38.7 Å². The maximum Gasteiger partial charge on any atom is 0.414 e. The molecule has 0 spiro atoms. The molecule has 8 rings (SSSR count). The first kappa shape index (κ1) is 59.5. The molecule has 2 aliphatic heterocycles. The monoisotopic (exact) mass is 1080 g/mol. The van der Waals surface area contributed by atoms with Crippen LogP contribution in [0, 0.1) is 33.7 Å². The number of hydrogen-bond acceptors (Lipinski definition) is 10. The normalized spacial score (nSPS) is 15.4. The number of halogens is 3. The third kappa shape index (κ3) is 17.7. The molecular formula is C60H72F3N7O8. The summed E-state index contributed by atoms with van der Waals surface area (Å²) in [5, 5.41) is 5.63. The summed E-state index contributed by atoms with van der Waals surface area (Å²) in [6.07, 6.45) is 1.83. The number of carbonyl (C=O) groups excluding carboxylic acids is 4. The second-order valence-electron chi connectivity index (χ2n) is 23.1. The highest BCUT2D eigenvalue weighted by molar-refractivity contribution is 5.91. The number of cyclic esters (lactones) is 2. The minimum absolute atomic E-state index is 0.00810. The molecule has 2 aliphatic rings. The lowest BCUT2D eigenvalue weighted by atomic mass is 9.89. The van der Waals surface area contributed by atoms with Gasteiger partial charge in [-0.1, -0.05) is 123 Å². The summed E-state index contributed by atoms with van der Waals surface area (Å²) in [6, 6.07) is 30.1. The Labute approximate surface area is 454 Å². The Kier molecular flexibility index (Phi) is 19.6. The van der Waals surface area contributed by atoms with E-state index >= 15 is 0 Å². The van der Waals surface area contributed by atoms with E-state index in [0.29, 0.717) is 71.9 Å². The molecule has 1 aromatic heterocycles. The number of carbonyl (C=O) groups is 4. The summed E-state index contributed by atoms with van der Waals surface area (Å²) in [6.45, 7) is 21.0. The van der Waals surface area contributed by atoms with Crippen molar-refractivity contribution >= 4 is 35.4 Å². The van der Waals surface area contributed by atoms with E-state index in [1.165, 1.54) is 38.8 Å². The Bertz CT molecular complexity index is 3100. The summed E-state index contributed by atoms with van der Waals surface area (Å²) < 4.78 is 60.3. The molecule has 0 aliphatic carbocycles. The van der Waals surface area contributed by atoms with Crippen LogP contribution < -0.4 is 37.5 Å². The van der Waals surface area contributed by atoms with Gasteiger partial charge in [0.1, 0.15) is 29.7 Å². The molecule has 6 N–H and O–H groups in total. The van der Waals surface area contributed by atoms with Gasteiger partial charge >= 0.3 is 17.8 Å². The number of nitrogens with two attached hydrogens (primary N) is 2. The van der Waals surface area contributed by atoms with Crippen LogP contribution in [0.5, 0.6) is 0 Å². The topological polar surface area (TPSA) is 204 Å². The van der Waals surface area contributed by atoms with Crippen LogP contribution in [0.3, 0.4) is 0 Å². The van der Waals surface area contributed by atoms with E-state index in [-0.39, 0.29) is 53.3 Å². The molecular weight excluding hydrogens is 1000 g/mol. The fraction of sp³-hybridized carbons (Fsp3) is 0.383. The number of ether oxygens (including phenoxy) is 2. The summed E-state index contributed by atoms with van der Waals surface area (Å²) in [7, 11) is 0. The SMILES string of the molecule is CC(C)(C)C[C@H]1CN(c2ccc(-c3ccc(CNC(=O)CN)cc3)c(F)c2)C(=O)O1.CC(C)(C)C[C@H]1CN(c2ccc(-c3ccc(CNCC(N)=O)cc3)c(F)c2)C(=O)O1.CC(C)(C)Cn1cc(-c2cccc(F)c2)c(=O)o1. The largest absolute Gasteiger partial charge is 0.444 e. The van der Waals surface area contributed by atoms with E-state index < -0.39 is 35.4 Å². The highest BCUT2D eigenvalue weighted by Crippen LogP contribution is 2.34. The first-order valence-electron chi connectivity index (χ1n) is 25.8. The zero-order valence-corrected chi connectivity index (χ0v) is 45.9. The lowest BCUT2D eigenvalue weighted by Gasteiger charge is -2.21. The molecule has 416 valence electrons. The molecule has 2 fully saturated rings. The van der Waals surface area contributed by atoms with E-state index in [2.05, 4.69) is 72.9 Å². The molecule has 15 nitrogen and oxygen atoms in total. The number of amides is 4. The molecule has 0 saturated carbocycles. The van der Waals surface area contributed by atoms with E-state index in [4.69, 9.17) is 25.5 Å². The van der Waals surface area contributed by atoms with Gasteiger partial charge in [0.2, 0.25) is 11.8 Å². The second kappa shape index (κ2) is 25.6. The van der Waals surface area contributed by atoms with Gasteiger partial charge < -0.3 is 36.1 Å². The maximum absolute atomic E-state index is 14.8. The molecule has 0 unspecified atom stereocenters. The van der Waals surface area contributed by atoms with Gasteiger partial charge in [0.15, 0.2) is 0 Å². The van der Waals surface area contributed by atoms with Gasteiger partial charge in [-0.15, -0.1) is 0 Å². The van der Waals surface area contributed by atoms with E-state index in [1.54, 1.807) is 54.7 Å². The number of nitrogens with one attached hydrogen (secondary N) is 2. The smallest absolute Gasteiger partial charge is 0.414 e. The van der Waals surface area contributed by atoms with Gasteiger partial charge in [0.05, 0.1) is 55.9 Å². The van der Waals surface area contributed by atoms with Gasteiger partial charge in [0, 0.05) is 24.2 Å². The Hall–Kier alpha value is -7.70. The van der Waals surface area contributed by atoms with E-state index in [1.807, 2.05) is 36.4 Å². The maximum atomic E-state index is 14.8. The van der Waals surface area contributed by atoms with Crippen LogP contribution in [0.4, 0.5) is 34.1 Å². The number of rotatable bonds is 15. The first-order chi connectivity index (χ1) is 36.6. The quantitative estimate of drug-likeness (QED) is 0.0766. The predicted octanol–water partition coefficient (Wildman–Crippen LogP) is 11.0. The van der Waals surface area contributed by atoms with Crippen molar-refractivity contribution in [3.63, 3.8) is 0 Å². The highest BCUT2D eigenvalue weighted by atomic mass is 19.1. The fourth-order valence-corrected chi connectivity index (χ4v) is 8.84. The van der Waals surface area contributed by atoms with Crippen LogP contribution in [-0.4, -0.2) is 67.1 Å². The van der Waals surface area contributed by atoms with Crippen molar-refractivity contribution in [3.05, 3.63) is 154 Å². The number of hydrogen-bond donors (Lipinski definition) is 4. The van der Waals surface area contributed by atoms with Gasteiger partial charge in [-0.2, -0.15) is 0 Å². The Morgan fingerprint density at radius 3 is 1.53 bits per heavy atom. The van der Waals surface area contributed by atoms with Crippen molar-refractivity contribution < 1.29 is 46.3 Å². The van der Waals surface area contributed by atoms with E-state index in [0.717, 1.165) is 29.5 Å². The number of primary amides is 1. The highest BCUT2D eigenvalue weighted by Gasteiger charge is 2.36. The molecule has 0 radical (unpaired) electrons. The van der Waals surface area contributed by atoms with Gasteiger partial charge in [0.25, 0.3) is 0 Å². The fourth-order valence-electron chi connectivity index (χ4n) is 8.84. The molecule has 3 heterocycles. The molecule has 4 amide bonds. The lowest BCUT2D eigenvalue weighted by Crippen LogP contribution is -2.29. The van der Waals surface area contributed by atoms with Crippen molar-refractivity contribution in [2.75, 3.05) is 36.0 Å². The zero-order chi connectivity index (χ0) is 57.1. The van der Waals surface area contributed by atoms with Crippen LogP contribution in [0.1, 0.15) is 86.3 Å². The number of benzene rings is 5. The summed E-state index contributed by atoms with van der Waals surface area (Å²) in [4.78, 5) is 61.2. The molecule has 0 bridgehead atoms. The van der Waals surface area contributed by atoms with Gasteiger partial charge in [-0.05, 0) is 105 Å². The number of anilines is 2. The van der Waals surface area contributed by atoms with Crippen molar-refractivity contribution in [1.82, 2.24) is 15.4 Å².